The van der Waals surface area contributed by atoms with Gasteiger partial charge in [0, 0.05) is 12.5 Å². The summed E-state index contributed by atoms with van der Waals surface area (Å²) in [6.07, 6.45) is 0.589. The van der Waals surface area contributed by atoms with Crippen molar-refractivity contribution in [3.63, 3.8) is 0 Å². The van der Waals surface area contributed by atoms with Gasteiger partial charge in [0.25, 0.3) is 0 Å². The Bertz CT molecular complexity index is 581. The second-order valence-corrected chi connectivity index (χ2v) is 8.90. The standard InChI is InChI=1S/C19H32N2O5/c1-8-9-12(20-17(24)26-18(2,3)4)15(22)21-10-11-13(19(11,5)6)14(21)16(23)25-7/h11-14H,8-10H2,1-7H3,(H,20,24)/t11-,12-,13-,14-/m0/s1. The van der Waals surface area contributed by atoms with Crippen molar-refractivity contribution in [2.75, 3.05) is 13.7 Å². The highest BCUT2D eigenvalue weighted by Crippen LogP contribution is 2.65. The Kier molecular flexibility index (Phi) is 5.59. The summed E-state index contributed by atoms with van der Waals surface area (Å²) >= 11 is 0. The van der Waals surface area contributed by atoms with Gasteiger partial charge in [0.15, 0.2) is 0 Å². The average molecular weight is 368 g/mol. The molecule has 4 atom stereocenters. The van der Waals surface area contributed by atoms with Crippen LogP contribution in [0.4, 0.5) is 4.79 Å². The smallest absolute Gasteiger partial charge is 0.408 e. The number of alkyl carbamates (subject to hydrolysis) is 1. The van der Waals surface area contributed by atoms with E-state index in [1.165, 1.54) is 7.11 Å². The molecule has 2 amide bonds. The number of carbonyl (C=O) groups excluding carboxylic acids is 3. The molecule has 1 heterocycles. The molecule has 0 unspecified atom stereocenters. The fourth-order valence-electron chi connectivity index (χ4n) is 4.10. The maximum Gasteiger partial charge on any atom is 0.408 e. The molecule has 0 radical (unpaired) electrons. The molecule has 0 bridgehead atoms. The molecule has 0 spiro atoms. The van der Waals surface area contributed by atoms with Crippen LogP contribution >= 0.6 is 0 Å². The summed E-state index contributed by atoms with van der Waals surface area (Å²) in [6.45, 7) is 12.0. The number of ether oxygens (including phenoxy) is 2. The van der Waals surface area contributed by atoms with Crippen LogP contribution in [0.25, 0.3) is 0 Å². The lowest BCUT2D eigenvalue weighted by molar-refractivity contribution is -0.153. The fraction of sp³-hybridized carbons (Fsp3) is 0.842. The number of hydrogen-bond acceptors (Lipinski definition) is 5. The second-order valence-electron chi connectivity index (χ2n) is 8.90. The van der Waals surface area contributed by atoms with E-state index in [2.05, 4.69) is 19.2 Å². The van der Waals surface area contributed by atoms with E-state index in [1.54, 1.807) is 25.7 Å². The number of methoxy groups -OCH3 is 1. The summed E-state index contributed by atoms with van der Waals surface area (Å²) < 4.78 is 10.2. The zero-order valence-electron chi connectivity index (χ0n) is 16.9. The van der Waals surface area contributed by atoms with Crippen LogP contribution in [0.2, 0.25) is 0 Å². The van der Waals surface area contributed by atoms with Crippen LogP contribution in [0.5, 0.6) is 0 Å². The number of amides is 2. The first-order valence-electron chi connectivity index (χ1n) is 9.31. The molecule has 7 heteroatoms. The zero-order valence-corrected chi connectivity index (χ0v) is 16.9. The second kappa shape index (κ2) is 7.08. The van der Waals surface area contributed by atoms with Gasteiger partial charge in [-0.15, -0.1) is 0 Å². The Hall–Kier alpha value is -1.79. The first-order chi connectivity index (χ1) is 11.9. The van der Waals surface area contributed by atoms with Gasteiger partial charge in [-0.25, -0.2) is 9.59 Å². The number of hydrogen-bond donors (Lipinski definition) is 1. The minimum Gasteiger partial charge on any atom is -0.467 e. The van der Waals surface area contributed by atoms with Crippen LogP contribution in [0.1, 0.15) is 54.4 Å². The Balaban J connectivity index is 2.13. The van der Waals surface area contributed by atoms with Crippen molar-refractivity contribution < 1.29 is 23.9 Å². The summed E-state index contributed by atoms with van der Waals surface area (Å²) in [4.78, 5) is 39.1. The zero-order chi connectivity index (χ0) is 19.9. The number of likely N-dealkylation sites (tertiary alicyclic amines) is 1. The van der Waals surface area contributed by atoms with E-state index in [0.717, 1.165) is 6.42 Å². The first-order valence-corrected chi connectivity index (χ1v) is 9.31. The van der Waals surface area contributed by atoms with E-state index >= 15 is 0 Å². The van der Waals surface area contributed by atoms with Crippen LogP contribution in [0, 0.1) is 17.3 Å². The predicted octanol–water partition coefficient (Wildman–Crippen LogP) is 2.34. The number of nitrogens with one attached hydrogen (secondary N) is 1. The van der Waals surface area contributed by atoms with Gasteiger partial charge in [0.05, 0.1) is 7.11 Å². The number of esters is 1. The molecule has 2 aliphatic rings. The monoisotopic (exact) mass is 368 g/mol. The predicted molar refractivity (Wildman–Crippen MR) is 96.3 cm³/mol. The molecule has 1 aliphatic carbocycles. The summed E-state index contributed by atoms with van der Waals surface area (Å²) in [5.74, 6) is -0.220. The Labute approximate surface area is 155 Å². The minimum absolute atomic E-state index is 0.0362. The van der Waals surface area contributed by atoms with Crippen LogP contribution < -0.4 is 5.32 Å². The molecular formula is C19H32N2O5. The fourth-order valence-corrected chi connectivity index (χ4v) is 4.10. The summed E-state index contributed by atoms with van der Waals surface area (Å²) in [5, 5.41) is 2.67. The van der Waals surface area contributed by atoms with Gasteiger partial charge < -0.3 is 19.7 Å². The molecule has 0 aromatic carbocycles. The summed E-state index contributed by atoms with van der Waals surface area (Å²) in [7, 11) is 1.34. The van der Waals surface area contributed by atoms with Gasteiger partial charge in [-0.3, -0.25) is 4.79 Å². The lowest BCUT2D eigenvalue weighted by Gasteiger charge is -2.32. The molecule has 26 heavy (non-hydrogen) atoms. The van der Waals surface area contributed by atoms with E-state index in [4.69, 9.17) is 9.47 Å². The van der Waals surface area contributed by atoms with Crippen LogP contribution in [0.15, 0.2) is 0 Å². The van der Waals surface area contributed by atoms with E-state index in [-0.39, 0.29) is 23.2 Å². The van der Waals surface area contributed by atoms with Crippen molar-refractivity contribution in [2.24, 2.45) is 17.3 Å². The maximum atomic E-state index is 13.1. The van der Waals surface area contributed by atoms with Crippen molar-refractivity contribution in [3.05, 3.63) is 0 Å². The third-order valence-electron chi connectivity index (χ3n) is 5.50. The molecule has 1 saturated carbocycles. The van der Waals surface area contributed by atoms with E-state index < -0.39 is 23.8 Å². The molecule has 1 aliphatic heterocycles. The number of rotatable bonds is 5. The number of carbonyl (C=O) groups is 3. The van der Waals surface area contributed by atoms with Gasteiger partial charge in [0.1, 0.15) is 17.7 Å². The molecule has 0 aromatic rings. The van der Waals surface area contributed by atoms with E-state index in [9.17, 15) is 14.4 Å². The highest BCUT2D eigenvalue weighted by molar-refractivity contribution is 5.91. The van der Waals surface area contributed by atoms with E-state index in [0.29, 0.717) is 18.9 Å². The molecule has 1 saturated heterocycles. The molecular weight excluding hydrogens is 336 g/mol. The Morgan fingerprint density at radius 2 is 1.88 bits per heavy atom. The van der Waals surface area contributed by atoms with Crippen molar-refractivity contribution in [1.82, 2.24) is 10.2 Å². The largest absolute Gasteiger partial charge is 0.467 e. The summed E-state index contributed by atoms with van der Waals surface area (Å²) in [6, 6.07) is -1.28. The molecule has 2 rings (SSSR count). The minimum atomic E-state index is -0.706. The topological polar surface area (TPSA) is 84.9 Å². The molecule has 7 nitrogen and oxygen atoms in total. The molecule has 148 valence electrons. The molecule has 1 N–H and O–H groups in total. The number of piperidine rings is 1. The number of nitrogens with zero attached hydrogens (tertiary/aromatic N) is 1. The van der Waals surface area contributed by atoms with Gasteiger partial charge >= 0.3 is 12.1 Å². The highest BCUT2D eigenvalue weighted by Gasteiger charge is 2.70. The van der Waals surface area contributed by atoms with Crippen molar-refractivity contribution >= 4 is 18.0 Å². The van der Waals surface area contributed by atoms with Crippen molar-refractivity contribution in [3.8, 4) is 0 Å². The van der Waals surface area contributed by atoms with Gasteiger partial charge in [0.2, 0.25) is 5.91 Å². The Morgan fingerprint density at radius 3 is 2.38 bits per heavy atom. The highest BCUT2D eigenvalue weighted by atomic mass is 16.6. The van der Waals surface area contributed by atoms with Crippen LogP contribution in [-0.2, 0) is 19.1 Å². The lowest BCUT2D eigenvalue weighted by atomic mass is 10.00. The van der Waals surface area contributed by atoms with Crippen molar-refractivity contribution in [1.29, 1.82) is 0 Å². The lowest BCUT2D eigenvalue weighted by Crippen LogP contribution is -2.54. The first kappa shape index (κ1) is 20.5. The quantitative estimate of drug-likeness (QED) is 0.753. The molecule has 0 aromatic heterocycles. The third-order valence-corrected chi connectivity index (χ3v) is 5.50. The van der Waals surface area contributed by atoms with Gasteiger partial charge in [-0.2, -0.15) is 0 Å². The van der Waals surface area contributed by atoms with Crippen LogP contribution in [-0.4, -0.2) is 54.2 Å². The van der Waals surface area contributed by atoms with Gasteiger partial charge in [-0.1, -0.05) is 27.2 Å². The SMILES string of the molecule is CCC[C@H](NC(=O)OC(C)(C)C)C(=O)N1C[C@H]2[C@@H]([C@H]1C(=O)OC)C2(C)C. The molecule has 2 fully saturated rings. The van der Waals surface area contributed by atoms with Gasteiger partial charge in [-0.05, 0) is 38.5 Å². The Morgan fingerprint density at radius 1 is 1.27 bits per heavy atom. The third kappa shape index (κ3) is 3.96. The normalized spacial score (nSPS) is 27.3. The number of fused-ring (bicyclic) bond motifs is 1. The summed E-state index contributed by atoms with van der Waals surface area (Å²) in [5.41, 5.74) is -0.605. The van der Waals surface area contributed by atoms with Crippen LogP contribution in [0.3, 0.4) is 0 Å². The average Bonchev–Trinajstić information content (AvgIpc) is 2.88. The van der Waals surface area contributed by atoms with E-state index in [1.807, 2.05) is 6.92 Å². The van der Waals surface area contributed by atoms with Crippen molar-refractivity contribution in [2.45, 2.75) is 72.1 Å². The maximum absolute atomic E-state index is 13.1.